The van der Waals surface area contributed by atoms with Crippen LogP contribution in [0, 0.1) is 12.8 Å². The van der Waals surface area contributed by atoms with Crippen molar-refractivity contribution >= 4 is 0 Å². The summed E-state index contributed by atoms with van der Waals surface area (Å²) >= 11 is 0. The van der Waals surface area contributed by atoms with Gasteiger partial charge in [0.1, 0.15) is 0 Å². The van der Waals surface area contributed by atoms with E-state index in [0.717, 1.165) is 5.92 Å². The maximum Gasteiger partial charge on any atom is 0.0501 e. The van der Waals surface area contributed by atoms with Gasteiger partial charge in [0.15, 0.2) is 0 Å². The van der Waals surface area contributed by atoms with Crippen LogP contribution < -0.4 is 5.73 Å². The molecule has 1 saturated heterocycles. The molecule has 1 heterocycles. The second kappa shape index (κ2) is 6.06. The quantitative estimate of drug-likeness (QED) is 0.901. The first-order chi connectivity index (χ1) is 9.02. The van der Waals surface area contributed by atoms with Crippen LogP contribution in [0.3, 0.4) is 0 Å². The van der Waals surface area contributed by atoms with Gasteiger partial charge in [0.2, 0.25) is 0 Å². The first-order valence-corrected chi connectivity index (χ1v) is 7.59. The van der Waals surface area contributed by atoms with Crippen molar-refractivity contribution < 1.29 is 0 Å². The SMILES string of the molecule is Cc1ccccc1C(C(C)N)N1CCCC(C)C1C. The van der Waals surface area contributed by atoms with E-state index in [0.29, 0.717) is 12.1 Å². The maximum absolute atomic E-state index is 6.33. The summed E-state index contributed by atoms with van der Waals surface area (Å²) in [6.45, 7) is 10.2. The van der Waals surface area contributed by atoms with Gasteiger partial charge in [-0.2, -0.15) is 0 Å². The molecule has 1 aliphatic rings. The smallest absolute Gasteiger partial charge is 0.0501 e. The molecule has 1 aliphatic heterocycles. The third-order valence-electron chi connectivity index (χ3n) is 4.78. The van der Waals surface area contributed by atoms with Gasteiger partial charge in [-0.25, -0.2) is 0 Å². The van der Waals surface area contributed by atoms with Gasteiger partial charge < -0.3 is 5.73 Å². The Bertz CT molecular complexity index is 413. The van der Waals surface area contributed by atoms with Gasteiger partial charge in [0, 0.05) is 12.1 Å². The van der Waals surface area contributed by atoms with Gasteiger partial charge in [0.25, 0.3) is 0 Å². The van der Waals surface area contributed by atoms with Crippen molar-refractivity contribution in [1.29, 1.82) is 0 Å². The molecule has 2 rings (SSSR count). The summed E-state index contributed by atoms with van der Waals surface area (Å²) in [5.74, 6) is 0.763. The minimum Gasteiger partial charge on any atom is -0.326 e. The van der Waals surface area contributed by atoms with Crippen LogP contribution >= 0.6 is 0 Å². The third-order valence-corrected chi connectivity index (χ3v) is 4.78. The molecule has 2 N–H and O–H groups in total. The van der Waals surface area contributed by atoms with Crippen molar-refractivity contribution in [3.63, 3.8) is 0 Å². The zero-order valence-electron chi connectivity index (χ0n) is 12.8. The fourth-order valence-corrected chi connectivity index (χ4v) is 3.44. The van der Waals surface area contributed by atoms with Gasteiger partial charge in [-0.05, 0) is 57.2 Å². The Balaban J connectivity index is 2.33. The molecule has 19 heavy (non-hydrogen) atoms. The van der Waals surface area contributed by atoms with Crippen LogP contribution in [0.4, 0.5) is 0 Å². The molecule has 1 fully saturated rings. The summed E-state index contributed by atoms with van der Waals surface area (Å²) in [4.78, 5) is 2.63. The minimum absolute atomic E-state index is 0.161. The van der Waals surface area contributed by atoms with E-state index in [-0.39, 0.29) is 6.04 Å². The van der Waals surface area contributed by atoms with Crippen molar-refractivity contribution in [2.24, 2.45) is 11.7 Å². The molecule has 4 unspecified atom stereocenters. The molecule has 0 amide bonds. The Morgan fingerprint density at radius 1 is 1.26 bits per heavy atom. The summed E-state index contributed by atoms with van der Waals surface area (Å²) in [5.41, 5.74) is 9.09. The zero-order chi connectivity index (χ0) is 14.0. The Morgan fingerprint density at radius 2 is 1.95 bits per heavy atom. The molecular formula is C17H28N2. The largest absolute Gasteiger partial charge is 0.326 e. The Kier molecular flexibility index (Phi) is 4.64. The lowest BCUT2D eigenvalue weighted by molar-refractivity contribution is 0.0577. The minimum atomic E-state index is 0.161. The van der Waals surface area contributed by atoms with Gasteiger partial charge in [-0.15, -0.1) is 0 Å². The van der Waals surface area contributed by atoms with Crippen molar-refractivity contribution in [1.82, 2.24) is 4.90 Å². The van der Waals surface area contributed by atoms with E-state index in [1.54, 1.807) is 0 Å². The number of rotatable bonds is 3. The normalized spacial score (nSPS) is 28.1. The molecule has 1 aromatic rings. The number of nitrogens with two attached hydrogens (primary N) is 1. The van der Waals surface area contributed by atoms with Gasteiger partial charge in [0.05, 0.1) is 6.04 Å². The summed E-state index contributed by atoms with van der Waals surface area (Å²) in [6.07, 6.45) is 2.64. The highest BCUT2D eigenvalue weighted by Gasteiger charge is 2.33. The monoisotopic (exact) mass is 260 g/mol. The molecular weight excluding hydrogens is 232 g/mol. The average Bonchev–Trinajstić information content (AvgIpc) is 2.37. The van der Waals surface area contributed by atoms with Crippen LogP contribution in [0.1, 0.15) is 50.8 Å². The summed E-state index contributed by atoms with van der Waals surface area (Å²) in [5, 5.41) is 0. The lowest BCUT2D eigenvalue weighted by Crippen LogP contribution is -2.49. The van der Waals surface area contributed by atoms with E-state index in [9.17, 15) is 0 Å². The van der Waals surface area contributed by atoms with Crippen LogP contribution in [-0.4, -0.2) is 23.5 Å². The molecule has 0 spiro atoms. The summed E-state index contributed by atoms with van der Waals surface area (Å²) < 4.78 is 0. The zero-order valence-corrected chi connectivity index (χ0v) is 12.8. The number of nitrogens with zero attached hydrogens (tertiary/aromatic N) is 1. The van der Waals surface area contributed by atoms with Gasteiger partial charge >= 0.3 is 0 Å². The third kappa shape index (κ3) is 3.01. The number of piperidine rings is 1. The fourth-order valence-electron chi connectivity index (χ4n) is 3.44. The predicted octanol–water partition coefficient (Wildman–Crippen LogP) is 3.50. The van der Waals surface area contributed by atoms with Crippen LogP contribution in [0.15, 0.2) is 24.3 Å². The van der Waals surface area contributed by atoms with Crippen LogP contribution in [0.2, 0.25) is 0 Å². The van der Waals surface area contributed by atoms with E-state index >= 15 is 0 Å². The highest BCUT2D eigenvalue weighted by atomic mass is 15.2. The molecule has 1 aromatic carbocycles. The molecule has 106 valence electrons. The lowest BCUT2D eigenvalue weighted by atomic mass is 9.86. The molecule has 4 atom stereocenters. The van der Waals surface area contributed by atoms with E-state index in [1.165, 1.54) is 30.5 Å². The lowest BCUT2D eigenvalue weighted by Gasteiger charge is -2.45. The molecule has 0 aliphatic carbocycles. The topological polar surface area (TPSA) is 29.3 Å². The first-order valence-electron chi connectivity index (χ1n) is 7.59. The molecule has 0 radical (unpaired) electrons. The van der Waals surface area contributed by atoms with E-state index in [2.05, 4.69) is 56.9 Å². The van der Waals surface area contributed by atoms with E-state index in [4.69, 9.17) is 5.73 Å². The van der Waals surface area contributed by atoms with Crippen molar-refractivity contribution in [3.05, 3.63) is 35.4 Å². The fraction of sp³-hybridized carbons (Fsp3) is 0.647. The number of aryl methyl sites for hydroxylation is 1. The van der Waals surface area contributed by atoms with E-state index < -0.39 is 0 Å². The maximum atomic E-state index is 6.33. The number of likely N-dealkylation sites (tertiary alicyclic amines) is 1. The number of benzene rings is 1. The highest BCUT2D eigenvalue weighted by molar-refractivity contribution is 5.30. The van der Waals surface area contributed by atoms with Crippen molar-refractivity contribution in [2.45, 2.75) is 58.7 Å². The Hall–Kier alpha value is -0.860. The predicted molar refractivity (Wildman–Crippen MR) is 82.1 cm³/mol. The molecule has 2 nitrogen and oxygen atoms in total. The standard InChI is InChI=1S/C17H28N2/c1-12-9-7-11-19(15(12)4)17(14(3)18)16-10-6-5-8-13(16)2/h5-6,8,10,12,14-15,17H,7,9,11,18H2,1-4H3. The van der Waals surface area contributed by atoms with Crippen molar-refractivity contribution in [3.8, 4) is 0 Å². The number of hydrogen-bond acceptors (Lipinski definition) is 2. The first kappa shape index (κ1) is 14.5. The molecule has 2 heteroatoms. The Morgan fingerprint density at radius 3 is 2.58 bits per heavy atom. The highest BCUT2D eigenvalue weighted by Crippen LogP contribution is 2.34. The summed E-state index contributed by atoms with van der Waals surface area (Å²) in [7, 11) is 0. The van der Waals surface area contributed by atoms with Crippen molar-refractivity contribution in [2.75, 3.05) is 6.54 Å². The van der Waals surface area contributed by atoms with Crippen LogP contribution in [0.25, 0.3) is 0 Å². The molecule has 0 saturated carbocycles. The second-order valence-electron chi connectivity index (χ2n) is 6.26. The van der Waals surface area contributed by atoms with E-state index in [1.807, 2.05) is 0 Å². The molecule has 0 aromatic heterocycles. The van der Waals surface area contributed by atoms with Gasteiger partial charge in [-0.1, -0.05) is 31.2 Å². The second-order valence-corrected chi connectivity index (χ2v) is 6.26. The number of hydrogen-bond donors (Lipinski definition) is 1. The van der Waals surface area contributed by atoms with Gasteiger partial charge in [-0.3, -0.25) is 4.90 Å². The average molecular weight is 260 g/mol. The Labute approximate surface area is 118 Å². The van der Waals surface area contributed by atoms with Crippen LogP contribution in [0.5, 0.6) is 0 Å². The summed E-state index contributed by atoms with van der Waals surface area (Å²) in [6, 6.07) is 9.81. The van der Waals surface area contributed by atoms with Crippen LogP contribution in [-0.2, 0) is 0 Å². The molecule has 0 bridgehead atoms.